The highest BCUT2D eigenvalue weighted by atomic mass is 32.2. The van der Waals surface area contributed by atoms with Crippen molar-refractivity contribution in [3.05, 3.63) is 102 Å². The van der Waals surface area contributed by atoms with Gasteiger partial charge in [0.2, 0.25) is 10.0 Å². The Morgan fingerprint density at radius 1 is 0.821 bits per heavy atom. The summed E-state index contributed by atoms with van der Waals surface area (Å²) in [7, 11) is -3.62. The molecule has 0 heterocycles. The average molecular weight is 396 g/mol. The number of benzene rings is 3. The number of hydrogen-bond donors (Lipinski definition) is 1. The zero-order chi connectivity index (χ0) is 20.4. The quantitative estimate of drug-likeness (QED) is 0.620. The van der Waals surface area contributed by atoms with Gasteiger partial charge in [-0.1, -0.05) is 79.7 Å². The van der Waals surface area contributed by atoms with Gasteiger partial charge in [0.05, 0.1) is 4.90 Å². The predicted octanol–water partition coefficient (Wildman–Crippen LogP) is 4.62. The molecule has 0 aromatic heterocycles. The fourth-order valence-electron chi connectivity index (χ4n) is 2.45. The second-order valence-electron chi connectivity index (χ2n) is 6.23. The van der Waals surface area contributed by atoms with Crippen LogP contribution in [0, 0.1) is 0 Å². The minimum atomic E-state index is -3.62. The molecule has 0 atom stereocenters. The van der Waals surface area contributed by atoms with Gasteiger partial charge >= 0.3 is 0 Å². The summed E-state index contributed by atoms with van der Waals surface area (Å²) in [5.74, 6) is -0.162. The van der Waals surface area contributed by atoms with E-state index in [2.05, 4.69) is 35.9 Å². The Bertz CT molecular complexity index is 985. The normalized spacial score (nSPS) is 10.6. The molecule has 0 aliphatic heterocycles. The molecule has 0 aliphatic rings. The van der Waals surface area contributed by atoms with Gasteiger partial charge in [0.1, 0.15) is 0 Å². The number of Topliss-reactive ketones (excluding diaryl/α,β-unsaturated/α-hetero) is 1. The molecule has 0 bridgehead atoms. The van der Waals surface area contributed by atoms with Crippen LogP contribution in [0.15, 0.2) is 89.8 Å². The third-order valence-corrected chi connectivity index (χ3v) is 5.51. The van der Waals surface area contributed by atoms with E-state index in [1.54, 1.807) is 12.1 Å². The van der Waals surface area contributed by atoms with E-state index >= 15 is 0 Å². The van der Waals surface area contributed by atoms with Gasteiger partial charge in [0.25, 0.3) is 0 Å². The summed E-state index contributed by atoms with van der Waals surface area (Å²) in [5, 5.41) is 0. The first-order valence-electron chi connectivity index (χ1n) is 9.11. The van der Waals surface area contributed by atoms with Crippen molar-refractivity contribution >= 4 is 15.8 Å². The predicted molar refractivity (Wildman–Crippen MR) is 113 cm³/mol. The molecule has 0 spiro atoms. The molecule has 28 heavy (non-hydrogen) atoms. The molecule has 0 saturated carbocycles. The molecular weight excluding hydrogens is 370 g/mol. The molecule has 0 amide bonds. The van der Waals surface area contributed by atoms with Gasteiger partial charge in [-0.05, 0) is 36.6 Å². The lowest BCUT2D eigenvalue weighted by molar-refractivity contribution is 0.101. The van der Waals surface area contributed by atoms with Crippen molar-refractivity contribution in [2.75, 3.05) is 0 Å². The summed E-state index contributed by atoms with van der Waals surface area (Å²) in [6.07, 6.45) is 1.14. The first kappa shape index (κ1) is 21.5. The van der Waals surface area contributed by atoms with Crippen molar-refractivity contribution in [1.29, 1.82) is 0 Å². The van der Waals surface area contributed by atoms with Gasteiger partial charge in [-0.3, -0.25) is 4.79 Å². The fourth-order valence-corrected chi connectivity index (χ4v) is 3.52. The van der Waals surface area contributed by atoms with Gasteiger partial charge in [0, 0.05) is 12.1 Å². The van der Waals surface area contributed by atoms with E-state index in [-0.39, 0.29) is 17.2 Å². The second-order valence-corrected chi connectivity index (χ2v) is 8.00. The van der Waals surface area contributed by atoms with Gasteiger partial charge in [0.15, 0.2) is 5.78 Å². The Hall–Kier alpha value is -2.76. The molecule has 1 N–H and O–H groups in total. The molecule has 3 aromatic rings. The highest BCUT2D eigenvalue weighted by Crippen LogP contribution is 2.12. The summed E-state index contributed by atoms with van der Waals surface area (Å²) in [6.45, 7) is 3.78. The van der Waals surface area contributed by atoms with Crippen LogP contribution in [-0.4, -0.2) is 14.2 Å². The third-order valence-electron chi connectivity index (χ3n) is 4.11. The maximum atomic E-state index is 12.2. The zero-order valence-corrected chi connectivity index (χ0v) is 16.9. The number of aryl methyl sites for hydroxylation is 1. The van der Waals surface area contributed by atoms with Gasteiger partial charge in [-0.2, -0.15) is 0 Å². The van der Waals surface area contributed by atoms with Crippen molar-refractivity contribution in [3.8, 4) is 0 Å². The molecule has 5 heteroatoms. The van der Waals surface area contributed by atoms with E-state index in [0.29, 0.717) is 5.56 Å². The molecule has 3 aromatic carbocycles. The lowest BCUT2D eigenvalue weighted by Crippen LogP contribution is -2.23. The first-order valence-corrected chi connectivity index (χ1v) is 10.6. The number of nitrogens with one attached hydrogen (secondary N) is 1. The summed E-state index contributed by atoms with van der Waals surface area (Å²) < 4.78 is 26.8. The number of sulfonamides is 1. The molecule has 0 radical (unpaired) electrons. The number of rotatable bonds is 6. The lowest BCUT2D eigenvalue weighted by atomic mass is 10.2. The Morgan fingerprint density at radius 3 is 1.89 bits per heavy atom. The van der Waals surface area contributed by atoms with Crippen molar-refractivity contribution in [3.63, 3.8) is 0 Å². The Labute approximate surface area is 167 Å². The number of carbonyl (C=O) groups excluding carboxylic acids is 1. The highest BCUT2D eigenvalue weighted by molar-refractivity contribution is 7.89. The Kier molecular flexibility index (Phi) is 8.11. The van der Waals surface area contributed by atoms with Crippen molar-refractivity contribution in [2.24, 2.45) is 0 Å². The van der Waals surface area contributed by atoms with Crippen LogP contribution in [0.25, 0.3) is 0 Å². The topological polar surface area (TPSA) is 63.2 Å². The zero-order valence-electron chi connectivity index (χ0n) is 16.1. The first-order chi connectivity index (χ1) is 13.4. The van der Waals surface area contributed by atoms with E-state index in [1.165, 1.54) is 24.6 Å². The third kappa shape index (κ3) is 6.76. The minimum absolute atomic E-state index is 0.0983. The van der Waals surface area contributed by atoms with E-state index in [4.69, 9.17) is 0 Å². The molecule has 0 saturated heterocycles. The standard InChI is InChI=1S/C15H15NO3S.C8H10/c1-12(17)14-8-5-9-15(10-14)20(18,19)16-11-13-6-3-2-4-7-13;1-2-8-6-4-3-5-7-8/h2-10,16H,11H2,1H3;3-7H,2H2,1H3. The minimum Gasteiger partial charge on any atom is -0.295 e. The molecular formula is C23H25NO3S. The van der Waals surface area contributed by atoms with Crippen LogP contribution in [0.4, 0.5) is 0 Å². The van der Waals surface area contributed by atoms with Crippen molar-refractivity contribution in [2.45, 2.75) is 31.7 Å². The molecule has 3 rings (SSSR count). The Balaban J connectivity index is 0.000000292. The van der Waals surface area contributed by atoms with Gasteiger partial charge < -0.3 is 0 Å². The van der Waals surface area contributed by atoms with E-state index < -0.39 is 10.0 Å². The number of hydrogen-bond acceptors (Lipinski definition) is 3. The second kappa shape index (κ2) is 10.5. The largest absolute Gasteiger partial charge is 0.295 e. The fraction of sp³-hybridized carbons (Fsp3) is 0.174. The summed E-state index contributed by atoms with van der Waals surface area (Å²) in [6, 6.07) is 25.7. The smallest absolute Gasteiger partial charge is 0.240 e. The lowest BCUT2D eigenvalue weighted by Gasteiger charge is -2.07. The van der Waals surface area contributed by atoms with Crippen LogP contribution < -0.4 is 4.72 Å². The van der Waals surface area contributed by atoms with Crippen LogP contribution in [0.5, 0.6) is 0 Å². The average Bonchev–Trinajstić information content (AvgIpc) is 2.74. The van der Waals surface area contributed by atoms with Crippen LogP contribution >= 0.6 is 0 Å². The van der Waals surface area contributed by atoms with Gasteiger partial charge in [-0.25, -0.2) is 13.1 Å². The summed E-state index contributed by atoms with van der Waals surface area (Å²) in [5.41, 5.74) is 2.67. The van der Waals surface area contributed by atoms with Crippen LogP contribution in [-0.2, 0) is 23.0 Å². The number of carbonyl (C=O) groups is 1. The van der Waals surface area contributed by atoms with Crippen LogP contribution in [0.2, 0.25) is 0 Å². The molecule has 0 aliphatic carbocycles. The summed E-state index contributed by atoms with van der Waals surface area (Å²) >= 11 is 0. The monoisotopic (exact) mass is 395 g/mol. The SMILES string of the molecule is CC(=O)c1cccc(S(=O)(=O)NCc2ccccc2)c1.CCc1ccccc1. The van der Waals surface area contributed by atoms with Crippen LogP contribution in [0.1, 0.15) is 35.3 Å². The van der Waals surface area contributed by atoms with Crippen LogP contribution in [0.3, 0.4) is 0 Å². The van der Waals surface area contributed by atoms with E-state index in [9.17, 15) is 13.2 Å². The van der Waals surface area contributed by atoms with E-state index in [0.717, 1.165) is 12.0 Å². The van der Waals surface area contributed by atoms with Crippen molar-refractivity contribution < 1.29 is 13.2 Å². The van der Waals surface area contributed by atoms with Gasteiger partial charge in [-0.15, -0.1) is 0 Å². The molecule has 4 nitrogen and oxygen atoms in total. The maximum absolute atomic E-state index is 12.2. The molecule has 0 fully saturated rings. The number of ketones is 1. The maximum Gasteiger partial charge on any atom is 0.240 e. The highest BCUT2D eigenvalue weighted by Gasteiger charge is 2.14. The molecule has 146 valence electrons. The Morgan fingerprint density at radius 2 is 1.39 bits per heavy atom. The van der Waals surface area contributed by atoms with Crippen molar-refractivity contribution in [1.82, 2.24) is 4.72 Å². The molecule has 0 unspecified atom stereocenters. The summed E-state index contributed by atoms with van der Waals surface area (Å²) in [4.78, 5) is 11.4. The van der Waals surface area contributed by atoms with E-state index in [1.807, 2.05) is 36.4 Å².